The molecule has 4 aliphatic carbocycles. The van der Waals surface area contributed by atoms with Crippen molar-refractivity contribution in [2.24, 2.45) is 17.8 Å². The molecule has 0 aliphatic heterocycles. The van der Waals surface area contributed by atoms with Gasteiger partial charge in [0.25, 0.3) is 0 Å². The van der Waals surface area contributed by atoms with Crippen LogP contribution in [0.3, 0.4) is 0 Å². The van der Waals surface area contributed by atoms with E-state index in [1.165, 1.54) is 49.5 Å². The van der Waals surface area contributed by atoms with E-state index in [9.17, 15) is 9.59 Å². The molecule has 0 radical (unpaired) electrons. The fourth-order valence-electron chi connectivity index (χ4n) is 8.26. The van der Waals surface area contributed by atoms with Gasteiger partial charge < -0.3 is 15.2 Å². The van der Waals surface area contributed by atoms with Crippen LogP contribution >= 0.6 is 15.9 Å². The highest BCUT2D eigenvalue weighted by atomic mass is 79.9. The molecule has 218 valence electrons. The minimum atomic E-state index is -0.158. The van der Waals surface area contributed by atoms with Crippen molar-refractivity contribution < 1.29 is 9.59 Å². The highest BCUT2D eigenvalue weighted by molar-refractivity contribution is 9.10. The Hall–Kier alpha value is -3.46. The molecule has 42 heavy (non-hydrogen) atoms. The molecule has 2 aromatic heterocycles. The normalized spacial score (nSPS) is 24.3. The molecule has 8 nitrogen and oxygen atoms in total. The highest BCUT2D eigenvalue weighted by Gasteiger charge is 2.51. The smallest absolute Gasteiger partial charge is 0.246 e. The molecule has 2 heterocycles. The van der Waals surface area contributed by atoms with Crippen LogP contribution < -0.4 is 10.6 Å². The summed E-state index contributed by atoms with van der Waals surface area (Å²) < 4.78 is 4.72. The second kappa shape index (κ2) is 11.3. The van der Waals surface area contributed by atoms with E-state index in [2.05, 4.69) is 65.8 Å². The third-order valence-electron chi connectivity index (χ3n) is 9.52. The lowest BCUT2D eigenvalue weighted by molar-refractivity contribution is -0.127. The first-order valence-corrected chi connectivity index (χ1v) is 16.0. The number of rotatable bonds is 10. The first kappa shape index (κ1) is 27.4. The molecule has 0 saturated heterocycles. The molecule has 4 saturated carbocycles. The average Bonchev–Trinajstić information content (AvgIpc) is 3.53. The van der Waals surface area contributed by atoms with Gasteiger partial charge in [-0.15, -0.1) is 5.10 Å². The first-order valence-electron chi connectivity index (χ1n) is 15.2. The van der Waals surface area contributed by atoms with Crippen LogP contribution in [-0.4, -0.2) is 36.9 Å². The summed E-state index contributed by atoms with van der Waals surface area (Å²) in [4.78, 5) is 25.6. The second-order valence-corrected chi connectivity index (χ2v) is 13.8. The Morgan fingerprint density at radius 3 is 2.38 bits per heavy atom. The molecule has 0 spiro atoms. The van der Waals surface area contributed by atoms with Crippen LogP contribution in [-0.2, 0) is 29.1 Å². The molecule has 2 aromatic carbocycles. The number of aromatic nitrogens is 4. The first-order chi connectivity index (χ1) is 20.4. The summed E-state index contributed by atoms with van der Waals surface area (Å²) in [5.74, 6) is 2.56. The Morgan fingerprint density at radius 1 is 0.929 bits per heavy atom. The van der Waals surface area contributed by atoms with Crippen LogP contribution in [0.1, 0.15) is 62.6 Å². The number of amides is 2. The summed E-state index contributed by atoms with van der Waals surface area (Å²) >= 11 is 3.40. The van der Waals surface area contributed by atoms with Gasteiger partial charge in [-0.1, -0.05) is 39.3 Å². The van der Waals surface area contributed by atoms with Crippen LogP contribution in [0, 0.1) is 17.8 Å². The largest absolute Gasteiger partial charge is 0.351 e. The minimum Gasteiger partial charge on any atom is -0.351 e. The fourth-order valence-corrected chi connectivity index (χ4v) is 8.52. The maximum atomic E-state index is 13.1. The van der Waals surface area contributed by atoms with Gasteiger partial charge in [0.1, 0.15) is 12.2 Å². The number of halogens is 1. The van der Waals surface area contributed by atoms with Gasteiger partial charge in [-0.05, 0) is 105 Å². The molecule has 4 aliphatic rings. The maximum Gasteiger partial charge on any atom is 0.246 e. The molecule has 4 bridgehead atoms. The zero-order chi connectivity index (χ0) is 28.7. The van der Waals surface area contributed by atoms with Crippen molar-refractivity contribution >= 4 is 44.3 Å². The Bertz CT molecular complexity index is 1570. The number of nitrogens with zero attached hydrogens (tertiary/aromatic N) is 4. The molecule has 4 aromatic rings. The topological polar surface area (TPSA) is 93.8 Å². The number of anilines is 1. The molecule has 0 atom stereocenters. The number of carbonyl (C=O) groups is 2. The standard InChI is InChI=1S/C33H37BrN6O2/c34-26-8-10-27(11-9-26)35-32(42)21-40-20-28(37-38-40)19-39-18-25(29-5-1-2-6-30(29)39)4-3-7-31(41)36-33-15-22-12-23(16-33)14-24(13-22)17-33/h1-2,5-6,8-11,18,20,22-24H,3-4,7,12-17,19,21H2,(H,35,42)(H,36,41). The molecule has 2 N–H and O–H groups in total. The van der Waals surface area contributed by atoms with Crippen molar-refractivity contribution in [3.8, 4) is 0 Å². The molecule has 8 rings (SSSR count). The van der Waals surface area contributed by atoms with Gasteiger partial charge in [0, 0.05) is 39.2 Å². The Labute approximate surface area is 254 Å². The molecule has 2 amide bonds. The van der Waals surface area contributed by atoms with Gasteiger partial charge >= 0.3 is 0 Å². The average molecular weight is 630 g/mol. The SMILES string of the molecule is O=C(Cn1cc(Cn2cc(CCCC(=O)NC34CC5CC(CC(C5)C3)C4)c3ccccc32)nn1)Nc1ccc(Br)cc1. The zero-order valence-corrected chi connectivity index (χ0v) is 25.4. The lowest BCUT2D eigenvalue weighted by Crippen LogP contribution is -2.59. The fraction of sp³-hybridized carbons (Fsp3) is 0.455. The van der Waals surface area contributed by atoms with E-state index in [0.29, 0.717) is 13.0 Å². The predicted molar refractivity (Wildman–Crippen MR) is 166 cm³/mol. The number of carbonyl (C=O) groups excluding carboxylic acids is 2. The van der Waals surface area contributed by atoms with E-state index in [0.717, 1.165) is 52.0 Å². The van der Waals surface area contributed by atoms with E-state index < -0.39 is 0 Å². The van der Waals surface area contributed by atoms with Crippen LogP contribution in [0.25, 0.3) is 10.9 Å². The molecular weight excluding hydrogens is 592 g/mol. The van der Waals surface area contributed by atoms with Gasteiger partial charge in [-0.25, -0.2) is 4.68 Å². The minimum absolute atomic E-state index is 0.0823. The number of benzene rings is 2. The quantitative estimate of drug-likeness (QED) is 0.222. The summed E-state index contributed by atoms with van der Waals surface area (Å²) in [6.45, 7) is 0.646. The van der Waals surface area contributed by atoms with Crippen LogP contribution in [0.15, 0.2) is 65.4 Å². The van der Waals surface area contributed by atoms with E-state index in [1.54, 1.807) is 4.68 Å². The molecule has 0 unspecified atom stereocenters. The van der Waals surface area contributed by atoms with Crippen LogP contribution in [0.4, 0.5) is 5.69 Å². The molecular formula is C33H37BrN6O2. The van der Waals surface area contributed by atoms with E-state index >= 15 is 0 Å². The number of para-hydroxylation sites is 1. The zero-order valence-electron chi connectivity index (χ0n) is 23.8. The summed E-state index contributed by atoms with van der Waals surface area (Å²) in [6.07, 6.45) is 14.0. The van der Waals surface area contributed by atoms with Gasteiger partial charge in [0.2, 0.25) is 11.8 Å². The van der Waals surface area contributed by atoms with E-state index in [1.807, 2.05) is 36.5 Å². The van der Waals surface area contributed by atoms with Gasteiger partial charge in [0.05, 0.1) is 12.7 Å². The van der Waals surface area contributed by atoms with E-state index in [-0.39, 0.29) is 23.9 Å². The van der Waals surface area contributed by atoms with Crippen molar-refractivity contribution in [2.75, 3.05) is 5.32 Å². The Morgan fingerprint density at radius 2 is 1.64 bits per heavy atom. The lowest BCUT2D eigenvalue weighted by Gasteiger charge is -2.56. The Kier molecular flexibility index (Phi) is 7.38. The van der Waals surface area contributed by atoms with Crippen molar-refractivity contribution in [3.63, 3.8) is 0 Å². The lowest BCUT2D eigenvalue weighted by atomic mass is 9.53. The number of nitrogens with one attached hydrogen (secondary N) is 2. The molecule has 4 fully saturated rings. The van der Waals surface area contributed by atoms with Crippen molar-refractivity contribution in [3.05, 3.63) is 76.7 Å². The van der Waals surface area contributed by atoms with Crippen LogP contribution in [0.2, 0.25) is 0 Å². The summed E-state index contributed by atoms with van der Waals surface area (Å²) in [6, 6.07) is 15.8. The third-order valence-corrected chi connectivity index (χ3v) is 10.0. The van der Waals surface area contributed by atoms with E-state index in [4.69, 9.17) is 0 Å². The summed E-state index contributed by atoms with van der Waals surface area (Å²) in [5, 5.41) is 16.1. The summed E-state index contributed by atoms with van der Waals surface area (Å²) in [7, 11) is 0. The third kappa shape index (κ3) is 5.89. The van der Waals surface area contributed by atoms with Gasteiger partial charge in [-0.2, -0.15) is 0 Å². The van der Waals surface area contributed by atoms with Crippen LogP contribution in [0.5, 0.6) is 0 Å². The van der Waals surface area contributed by atoms with Gasteiger partial charge in [-0.3, -0.25) is 9.59 Å². The van der Waals surface area contributed by atoms with Crippen molar-refractivity contribution in [1.29, 1.82) is 0 Å². The number of hydrogen-bond acceptors (Lipinski definition) is 4. The highest BCUT2D eigenvalue weighted by Crippen LogP contribution is 2.55. The number of aryl methyl sites for hydroxylation is 1. The van der Waals surface area contributed by atoms with Gasteiger partial charge in [0.15, 0.2) is 0 Å². The second-order valence-electron chi connectivity index (χ2n) is 12.9. The maximum absolute atomic E-state index is 13.1. The predicted octanol–water partition coefficient (Wildman–Crippen LogP) is 6.09. The van der Waals surface area contributed by atoms with Crippen molar-refractivity contribution in [2.45, 2.75) is 76.4 Å². The molecule has 9 heteroatoms. The number of hydrogen-bond donors (Lipinski definition) is 2. The monoisotopic (exact) mass is 628 g/mol. The van der Waals surface area contributed by atoms with Crippen molar-refractivity contribution in [1.82, 2.24) is 24.9 Å². The number of fused-ring (bicyclic) bond motifs is 1. The summed E-state index contributed by atoms with van der Waals surface area (Å²) in [5.41, 5.74) is 3.98. The Balaban J connectivity index is 0.956.